The van der Waals surface area contributed by atoms with Crippen molar-refractivity contribution in [2.24, 2.45) is 5.73 Å². The van der Waals surface area contributed by atoms with Gasteiger partial charge >= 0.3 is 0 Å². The molecule has 17 heavy (non-hydrogen) atoms. The monoisotopic (exact) mass is 268 g/mol. The van der Waals surface area contributed by atoms with E-state index in [4.69, 9.17) is 22.7 Å². The van der Waals surface area contributed by atoms with Crippen LogP contribution in [0.3, 0.4) is 0 Å². The van der Waals surface area contributed by atoms with Crippen molar-refractivity contribution in [1.82, 2.24) is 4.98 Å². The quantitative estimate of drug-likeness (QED) is 0.866. The molecule has 0 aliphatic carbocycles. The van der Waals surface area contributed by atoms with Crippen LogP contribution in [0.4, 0.5) is 4.39 Å². The fourth-order valence-electron chi connectivity index (χ4n) is 1.23. The van der Waals surface area contributed by atoms with Crippen LogP contribution in [0.25, 0.3) is 0 Å². The smallest absolute Gasteiger partial charge is 0.165 e. The van der Waals surface area contributed by atoms with Gasteiger partial charge in [0, 0.05) is 11.8 Å². The number of nitrogens with zero attached hydrogens (tertiary/aromatic N) is 1. The maximum Gasteiger partial charge on any atom is 0.165 e. The molecule has 1 heterocycles. The first-order chi connectivity index (χ1) is 8.16. The van der Waals surface area contributed by atoms with Crippen LogP contribution in [-0.2, 0) is 6.61 Å². The average molecular weight is 268 g/mol. The van der Waals surface area contributed by atoms with Gasteiger partial charge in [-0.1, -0.05) is 12.2 Å². The van der Waals surface area contributed by atoms with E-state index in [1.165, 1.54) is 23.5 Å². The Bertz CT molecular complexity index is 528. The first kappa shape index (κ1) is 11.9. The molecule has 0 aliphatic heterocycles. The predicted molar refractivity (Wildman–Crippen MR) is 68.7 cm³/mol. The molecule has 0 atom stereocenters. The van der Waals surface area contributed by atoms with E-state index in [9.17, 15) is 4.39 Å². The van der Waals surface area contributed by atoms with Crippen molar-refractivity contribution in [1.29, 1.82) is 0 Å². The van der Waals surface area contributed by atoms with E-state index in [1.54, 1.807) is 17.8 Å². The van der Waals surface area contributed by atoms with E-state index in [0.717, 1.165) is 4.88 Å². The van der Waals surface area contributed by atoms with Crippen molar-refractivity contribution < 1.29 is 9.13 Å². The third-order valence-corrected chi connectivity index (χ3v) is 3.06. The second kappa shape index (κ2) is 5.20. The largest absolute Gasteiger partial charge is 0.485 e. The number of aromatic nitrogens is 1. The first-order valence-corrected chi connectivity index (χ1v) is 6.05. The predicted octanol–water partition coefficient (Wildman–Crippen LogP) is 2.50. The van der Waals surface area contributed by atoms with E-state index in [-0.39, 0.29) is 10.7 Å². The van der Waals surface area contributed by atoms with Crippen molar-refractivity contribution in [3.8, 4) is 5.75 Å². The molecule has 0 amide bonds. The van der Waals surface area contributed by atoms with Crippen LogP contribution in [0.15, 0.2) is 29.9 Å². The van der Waals surface area contributed by atoms with E-state index in [0.29, 0.717) is 12.2 Å². The normalized spacial score (nSPS) is 10.2. The molecular weight excluding hydrogens is 259 g/mol. The molecule has 0 fully saturated rings. The van der Waals surface area contributed by atoms with Gasteiger partial charge in [-0.05, 0) is 18.2 Å². The Morgan fingerprint density at radius 1 is 1.53 bits per heavy atom. The number of halogens is 1. The Hall–Kier alpha value is -1.53. The van der Waals surface area contributed by atoms with Gasteiger partial charge in [0.25, 0.3) is 0 Å². The Kier molecular flexibility index (Phi) is 3.65. The van der Waals surface area contributed by atoms with Gasteiger partial charge in [0.1, 0.15) is 11.6 Å². The van der Waals surface area contributed by atoms with Gasteiger partial charge in [0.2, 0.25) is 0 Å². The summed E-state index contributed by atoms with van der Waals surface area (Å²) < 4.78 is 18.9. The van der Waals surface area contributed by atoms with E-state index in [1.807, 2.05) is 0 Å². The van der Waals surface area contributed by atoms with Gasteiger partial charge < -0.3 is 10.5 Å². The summed E-state index contributed by atoms with van der Waals surface area (Å²) in [5.74, 6) is -0.293. The summed E-state index contributed by atoms with van der Waals surface area (Å²) in [5.41, 5.74) is 7.59. The summed E-state index contributed by atoms with van der Waals surface area (Å²) in [6.45, 7) is 0.300. The average Bonchev–Trinajstić information content (AvgIpc) is 2.80. The SMILES string of the molecule is NC(=S)c1ccc(OCc2cncs2)c(F)c1. The second-order valence-electron chi connectivity index (χ2n) is 3.27. The lowest BCUT2D eigenvalue weighted by molar-refractivity contribution is 0.293. The highest BCUT2D eigenvalue weighted by Crippen LogP contribution is 2.20. The lowest BCUT2D eigenvalue weighted by Gasteiger charge is -2.06. The molecule has 2 rings (SSSR count). The number of nitrogens with two attached hydrogens (primary N) is 1. The van der Waals surface area contributed by atoms with Gasteiger partial charge in [-0.3, -0.25) is 4.98 Å². The summed E-state index contributed by atoms with van der Waals surface area (Å²) in [4.78, 5) is 5.00. The maximum absolute atomic E-state index is 13.6. The van der Waals surface area contributed by atoms with Crippen LogP contribution >= 0.6 is 23.6 Å². The lowest BCUT2D eigenvalue weighted by atomic mass is 10.2. The molecule has 2 N–H and O–H groups in total. The van der Waals surface area contributed by atoms with E-state index < -0.39 is 5.82 Å². The fraction of sp³-hybridized carbons (Fsp3) is 0.0909. The molecule has 0 spiro atoms. The summed E-state index contributed by atoms with van der Waals surface area (Å²) in [6, 6.07) is 4.42. The first-order valence-electron chi connectivity index (χ1n) is 4.76. The number of hydrogen-bond acceptors (Lipinski definition) is 4. The molecule has 0 bridgehead atoms. The topological polar surface area (TPSA) is 48.1 Å². The number of rotatable bonds is 4. The highest BCUT2D eigenvalue weighted by Gasteiger charge is 2.06. The number of ether oxygens (including phenoxy) is 1. The van der Waals surface area contributed by atoms with Crippen LogP contribution < -0.4 is 10.5 Å². The minimum Gasteiger partial charge on any atom is -0.485 e. The minimum atomic E-state index is -0.472. The lowest BCUT2D eigenvalue weighted by Crippen LogP contribution is -2.09. The molecule has 0 saturated heterocycles. The molecule has 0 unspecified atom stereocenters. The van der Waals surface area contributed by atoms with E-state index in [2.05, 4.69) is 4.98 Å². The zero-order valence-corrected chi connectivity index (χ0v) is 10.4. The van der Waals surface area contributed by atoms with Crippen molar-refractivity contribution in [3.63, 3.8) is 0 Å². The van der Waals surface area contributed by atoms with Gasteiger partial charge in [0.05, 0.1) is 10.4 Å². The summed E-state index contributed by atoms with van der Waals surface area (Å²) in [7, 11) is 0. The minimum absolute atomic E-state index is 0.165. The van der Waals surface area contributed by atoms with Crippen LogP contribution in [0, 0.1) is 5.82 Å². The van der Waals surface area contributed by atoms with E-state index >= 15 is 0 Å². The van der Waals surface area contributed by atoms with Crippen LogP contribution in [0.2, 0.25) is 0 Å². The van der Waals surface area contributed by atoms with Crippen molar-refractivity contribution >= 4 is 28.5 Å². The van der Waals surface area contributed by atoms with Crippen LogP contribution in [-0.4, -0.2) is 9.97 Å². The van der Waals surface area contributed by atoms with Crippen molar-refractivity contribution in [3.05, 3.63) is 46.2 Å². The Morgan fingerprint density at radius 2 is 2.35 bits per heavy atom. The second-order valence-corrected chi connectivity index (χ2v) is 4.68. The molecule has 2 aromatic rings. The third kappa shape index (κ3) is 2.98. The zero-order chi connectivity index (χ0) is 12.3. The molecule has 0 radical (unpaired) electrons. The van der Waals surface area contributed by atoms with Crippen LogP contribution in [0.5, 0.6) is 5.75 Å². The molecular formula is C11H9FN2OS2. The number of hydrogen-bond donors (Lipinski definition) is 1. The fourth-order valence-corrected chi connectivity index (χ4v) is 1.87. The Balaban J connectivity index is 2.09. The maximum atomic E-state index is 13.6. The van der Waals surface area contributed by atoms with Crippen molar-refractivity contribution in [2.45, 2.75) is 6.61 Å². The van der Waals surface area contributed by atoms with Gasteiger partial charge in [-0.2, -0.15) is 0 Å². The molecule has 6 heteroatoms. The number of benzene rings is 1. The van der Waals surface area contributed by atoms with Crippen molar-refractivity contribution in [2.75, 3.05) is 0 Å². The molecule has 0 aliphatic rings. The van der Waals surface area contributed by atoms with Crippen LogP contribution in [0.1, 0.15) is 10.4 Å². The summed E-state index contributed by atoms with van der Waals surface area (Å²) in [6.07, 6.45) is 1.69. The van der Waals surface area contributed by atoms with Gasteiger partial charge in [-0.15, -0.1) is 11.3 Å². The third-order valence-electron chi connectivity index (χ3n) is 2.07. The van der Waals surface area contributed by atoms with Gasteiger partial charge in [0.15, 0.2) is 11.6 Å². The Morgan fingerprint density at radius 3 is 2.94 bits per heavy atom. The molecule has 1 aromatic heterocycles. The zero-order valence-electron chi connectivity index (χ0n) is 8.72. The standard InChI is InChI=1S/C11H9FN2OS2/c12-9-3-7(11(13)16)1-2-10(9)15-5-8-4-14-6-17-8/h1-4,6H,5H2,(H2,13,16). The Labute approximate surface area is 107 Å². The highest BCUT2D eigenvalue weighted by molar-refractivity contribution is 7.80. The highest BCUT2D eigenvalue weighted by atomic mass is 32.1. The molecule has 88 valence electrons. The summed E-state index contributed by atoms with van der Waals surface area (Å²) in [5, 5.41) is 0. The summed E-state index contributed by atoms with van der Waals surface area (Å²) >= 11 is 6.21. The van der Waals surface area contributed by atoms with Gasteiger partial charge in [-0.25, -0.2) is 4.39 Å². The number of thiazole rings is 1. The molecule has 0 saturated carbocycles. The molecule has 3 nitrogen and oxygen atoms in total. The molecule has 1 aromatic carbocycles. The number of thiocarbonyl (C=S) groups is 1.